The minimum atomic E-state index is 0.0257. The highest BCUT2D eigenvalue weighted by Crippen LogP contribution is 2.28. The van der Waals surface area contributed by atoms with Gasteiger partial charge in [-0.3, -0.25) is 9.79 Å². The average Bonchev–Trinajstić information content (AvgIpc) is 2.89. The smallest absolute Gasteiger partial charge is 0.160 e. The van der Waals surface area contributed by atoms with Gasteiger partial charge in [0.1, 0.15) is 5.82 Å². The molecule has 1 aromatic heterocycles. The molecule has 190 valence electrons. The fraction of sp³-hybridized carbons (Fsp3) is 0.281. The fourth-order valence-electron chi connectivity index (χ4n) is 4.82. The van der Waals surface area contributed by atoms with Crippen molar-refractivity contribution in [2.75, 3.05) is 45.2 Å². The van der Waals surface area contributed by atoms with Gasteiger partial charge in [-0.2, -0.15) is 0 Å². The van der Waals surface area contributed by atoms with Crippen molar-refractivity contribution in [1.82, 2.24) is 9.88 Å². The molecule has 0 amide bonds. The van der Waals surface area contributed by atoms with E-state index in [9.17, 15) is 4.79 Å². The van der Waals surface area contributed by atoms with E-state index in [1.165, 1.54) is 0 Å². The molecule has 1 aliphatic rings. The van der Waals surface area contributed by atoms with Crippen molar-refractivity contribution in [3.8, 4) is 0 Å². The summed E-state index contributed by atoms with van der Waals surface area (Å²) in [6, 6.07) is 18.4. The first-order chi connectivity index (χ1) is 17.8. The lowest BCUT2D eigenvalue weighted by atomic mass is 9.91. The number of hydrogen-bond acceptors (Lipinski definition) is 5. The number of aromatic nitrogens is 1. The Morgan fingerprint density at radius 3 is 2.24 bits per heavy atom. The van der Waals surface area contributed by atoms with Crippen molar-refractivity contribution >= 4 is 34.5 Å². The Hall–Kier alpha value is -3.83. The predicted molar refractivity (Wildman–Crippen MR) is 156 cm³/mol. The van der Waals surface area contributed by atoms with Gasteiger partial charge in [-0.05, 0) is 68.3 Å². The lowest BCUT2D eigenvalue weighted by Gasteiger charge is -2.33. The second-order valence-corrected chi connectivity index (χ2v) is 9.78. The second kappa shape index (κ2) is 11.5. The molecule has 0 atom stereocenters. The normalized spacial score (nSPS) is 15.1. The van der Waals surface area contributed by atoms with Gasteiger partial charge in [0.25, 0.3) is 0 Å². The highest BCUT2D eigenvalue weighted by atomic mass is 16.1. The molecule has 0 radical (unpaired) electrons. The van der Waals surface area contributed by atoms with Gasteiger partial charge in [0, 0.05) is 56.1 Å². The third-order valence-electron chi connectivity index (χ3n) is 6.95. The van der Waals surface area contributed by atoms with E-state index in [2.05, 4.69) is 59.6 Å². The number of hydrogen-bond donors (Lipinski definition) is 0. The summed E-state index contributed by atoms with van der Waals surface area (Å²) in [5.41, 5.74) is 8.54. The number of Topliss-reactive ketones (excluding diaryl/α,β-unsaturated/α-hetero) is 1. The molecule has 0 unspecified atom stereocenters. The van der Waals surface area contributed by atoms with Gasteiger partial charge in [0.2, 0.25) is 0 Å². The van der Waals surface area contributed by atoms with Crippen LogP contribution in [0.5, 0.6) is 0 Å². The number of aryl methyl sites for hydroxylation is 1. The number of rotatable bonds is 7. The van der Waals surface area contributed by atoms with E-state index in [4.69, 9.17) is 4.98 Å². The molecule has 0 saturated carbocycles. The first kappa shape index (κ1) is 26.2. The molecule has 0 bridgehead atoms. The average molecular weight is 493 g/mol. The first-order valence-electron chi connectivity index (χ1n) is 12.7. The van der Waals surface area contributed by atoms with Crippen molar-refractivity contribution < 1.29 is 4.79 Å². The third kappa shape index (κ3) is 5.95. The van der Waals surface area contributed by atoms with Crippen LogP contribution in [0.25, 0.3) is 17.2 Å². The number of pyridine rings is 1. The van der Waals surface area contributed by atoms with E-state index in [0.29, 0.717) is 5.57 Å². The molecular weight excluding hydrogens is 456 g/mol. The van der Waals surface area contributed by atoms with Crippen LogP contribution in [0.3, 0.4) is 0 Å². The number of ketones is 1. The van der Waals surface area contributed by atoms with Gasteiger partial charge in [0.15, 0.2) is 5.78 Å². The monoisotopic (exact) mass is 492 g/mol. The zero-order valence-electron chi connectivity index (χ0n) is 22.6. The number of likely N-dealkylation sites (N-methyl/N-ethyl adjacent to an activating group) is 1. The quantitative estimate of drug-likeness (QED) is 0.239. The van der Waals surface area contributed by atoms with Crippen molar-refractivity contribution in [2.24, 2.45) is 4.99 Å². The highest BCUT2D eigenvalue weighted by molar-refractivity contribution is 6.25. The molecule has 0 N–H and O–H groups in total. The molecule has 3 aromatic rings. The number of piperazine rings is 1. The number of carbonyl (C=O) groups is 1. The van der Waals surface area contributed by atoms with E-state index >= 15 is 0 Å². The molecule has 37 heavy (non-hydrogen) atoms. The Bertz CT molecular complexity index is 1360. The maximum atomic E-state index is 12.6. The number of benzene rings is 2. The number of anilines is 1. The van der Waals surface area contributed by atoms with Crippen LogP contribution in [0.1, 0.15) is 47.2 Å². The Morgan fingerprint density at radius 1 is 0.973 bits per heavy atom. The minimum absolute atomic E-state index is 0.0257. The van der Waals surface area contributed by atoms with E-state index < -0.39 is 0 Å². The van der Waals surface area contributed by atoms with Gasteiger partial charge in [-0.25, -0.2) is 4.98 Å². The summed E-state index contributed by atoms with van der Waals surface area (Å²) in [7, 11) is 3.97. The van der Waals surface area contributed by atoms with Crippen LogP contribution < -0.4 is 4.90 Å². The molecule has 2 heterocycles. The Labute approximate surface area is 220 Å². The zero-order valence-corrected chi connectivity index (χ0v) is 22.6. The Kier molecular flexibility index (Phi) is 8.14. The lowest BCUT2D eigenvalue weighted by molar-refractivity contribution is -0.111. The van der Waals surface area contributed by atoms with Crippen LogP contribution in [0, 0.1) is 6.92 Å². The van der Waals surface area contributed by atoms with Crippen LogP contribution >= 0.6 is 0 Å². The maximum Gasteiger partial charge on any atom is 0.160 e. The summed E-state index contributed by atoms with van der Waals surface area (Å²) in [6.07, 6.45) is 3.89. The fourth-order valence-corrected chi connectivity index (χ4v) is 4.82. The molecule has 0 spiro atoms. The molecule has 2 aromatic carbocycles. The predicted octanol–water partition coefficient (Wildman–Crippen LogP) is 5.77. The van der Waals surface area contributed by atoms with Crippen LogP contribution in [-0.4, -0.2) is 61.7 Å². The Balaban J connectivity index is 1.62. The van der Waals surface area contributed by atoms with Crippen molar-refractivity contribution in [1.29, 1.82) is 0 Å². The third-order valence-corrected chi connectivity index (χ3v) is 6.95. The first-order valence-corrected chi connectivity index (χ1v) is 12.7. The number of allylic oxidation sites excluding steroid dienone is 2. The van der Waals surface area contributed by atoms with Gasteiger partial charge in [0.05, 0.1) is 5.71 Å². The number of aliphatic imine (C=N–C) groups is 1. The molecule has 5 nitrogen and oxygen atoms in total. The van der Waals surface area contributed by atoms with E-state index in [0.717, 1.165) is 76.7 Å². The number of nitrogens with zero attached hydrogens (tertiary/aromatic N) is 4. The molecule has 4 rings (SSSR count). The van der Waals surface area contributed by atoms with Crippen molar-refractivity contribution in [3.63, 3.8) is 0 Å². The zero-order chi connectivity index (χ0) is 26.5. The summed E-state index contributed by atoms with van der Waals surface area (Å²) in [5.74, 6) is 1.04. The minimum Gasteiger partial charge on any atom is -0.354 e. The molecule has 0 aliphatic carbocycles. The van der Waals surface area contributed by atoms with Gasteiger partial charge in [-0.15, -0.1) is 0 Å². The van der Waals surface area contributed by atoms with Gasteiger partial charge >= 0.3 is 0 Å². The van der Waals surface area contributed by atoms with Crippen molar-refractivity contribution in [2.45, 2.75) is 20.8 Å². The summed E-state index contributed by atoms with van der Waals surface area (Å²) >= 11 is 0. The Morgan fingerprint density at radius 2 is 1.68 bits per heavy atom. The topological polar surface area (TPSA) is 48.8 Å². The van der Waals surface area contributed by atoms with Crippen molar-refractivity contribution in [3.05, 3.63) is 101 Å². The van der Waals surface area contributed by atoms with Crippen LogP contribution in [0.2, 0.25) is 0 Å². The SMILES string of the molecule is C=C(C)c1ccccc1C(=Cc1ccc(/C(=N\C)c2ccc(N3CCN(C)CC3)nc2)c(C)c1)C(C)=O. The van der Waals surface area contributed by atoms with E-state index in [-0.39, 0.29) is 5.78 Å². The second-order valence-electron chi connectivity index (χ2n) is 9.78. The van der Waals surface area contributed by atoms with Crippen LogP contribution in [0.4, 0.5) is 5.82 Å². The molecule has 1 fully saturated rings. The summed E-state index contributed by atoms with van der Waals surface area (Å²) in [5, 5.41) is 0. The highest BCUT2D eigenvalue weighted by Gasteiger charge is 2.17. The molecular formula is C32H36N4O. The van der Waals surface area contributed by atoms with Crippen LogP contribution in [-0.2, 0) is 4.79 Å². The molecule has 1 saturated heterocycles. The van der Waals surface area contributed by atoms with Crippen LogP contribution in [0.15, 0.2) is 72.4 Å². The largest absolute Gasteiger partial charge is 0.354 e. The van der Waals surface area contributed by atoms with E-state index in [1.54, 1.807) is 6.92 Å². The summed E-state index contributed by atoms with van der Waals surface area (Å²) in [6.45, 7) is 13.8. The summed E-state index contributed by atoms with van der Waals surface area (Å²) < 4.78 is 0. The van der Waals surface area contributed by atoms with Gasteiger partial charge < -0.3 is 9.80 Å². The molecule has 1 aliphatic heterocycles. The van der Waals surface area contributed by atoms with E-state index in [1.807, 2.05) is 56.6 Å². The summed E-state index contributed by atoms with van der Waals surface area (Å²) in [4.78, 5) is 26.7. The molecule has 5 heteroatoms. The standard InChI is InChI=1S/C32H36N4O/c1-22(2)27-9-7-8-10-29(27)30(24(4)37)20-25-11-13-28(23(3)19-25)32(33-5)26-12-14-31(34-21-26)36-17-15-35(6)16-18-36/h7-14,19-21H,1,15-18H2,2-6H3/b30-20?,33-32-. The maximum absolute atomic E-state index is 12.6. The number of carbonyl (C=O) groups excluding carboxylic acids is 1. The lowest BCUT2D eigenvalue weighted by Crippen LogP contribution is -2.44. The van der Waals surface area contributed by atoms with Gasteiger partial charge in [-0.1, -0.05) is 54.6 Å².